The lowest BCUT2D eigenvalue weighted by Gasteiger charge is -2.47. The van der Waals surface area contributed by atoms with Crippen LogP contribution in [-0.2, 0) is 12.6 Å². The fourth-order valence-electron chi connectivity index (χ4n) is 5.91. The van der Waals surface area contributed by atoms with E-state index < -0.39 is 40.9 Å². The smallest absolute Gasteiger partial charge is 0.207 e. The van der Waals surface area contributed by atoms with Crippen LogP contribution in [0.2, 0.25) is 0 Å². The summed E-state index contributed by atoms with van der Waals surface area (Å²) in [7, 11) is 0. The van der Waals surface area contributed by atoms with Crippen LogP contribution in [0.4, 0.5) is 30.7 Å². The first-order chi connectivity index (χ1) is 15.1. The Morgan fingerprint density at radius 1 is 0.906 bits per heavy atom. The second-order valence-electron chi connectivity index (χ2n) is 8.85. The highest BCUT2D eigenvalue weighted by Gasteiger charge is 2.45. The van der Waals surface area contributed by atoms with Crippen molar-refractivity contribution >= 4 is 0 Å². The summed E-state index contributed by atoms with van der Waals surface area (Å²) in [5, 5.41) is 0. The van der Waals surface area contributed by atoms with Gasteiger partial charge in [0, 0.05) is 6.07 Å². The van der Waals surface area contributed by atoms with E-state index in [2.05, 4.69) is 6.58 Å². The minimum absolute atomic E-state index is 0.0234. The van der Waals surface area contributed by atoms with Crippen LogP contribution < -0.4 is 0 Å². The Kier molecular flexibility index (Phi) is 6.12. The fraction of sp³-hybridized carbons (Fsp3) is 0.440. The minimum atomic E-state index is -5.14. The van der Waals surface area contributed by atoms with Gasteiger partial charge < -0.3 is 0 Å². The lowest BCUT2D eigenvalue weighted by atomic mass is 9.57. The molecule has 0 bridgehead atoms. The summed E-state index contributed by atoms with van der Waals surface area (Å²) in [6, 6.07) is 3.76. The first-order valence-electron chi connectivity index (χ1n) is 10.8. The van der Waals surface area contributed by atoms with Crippen LogP contribution in [-0.4, -0.2) is 0 Å². The third kappa shape index (κ3) is 4.06. The Labute approximate surface area is 182 Å². The molecule has 4 rings (SSSR count). The van der Waals surface area contributed by atoms with Crippen molar-refractivity contribution in [2.24, 2.45) is 11.8 Å². The molecule has 0 radical (unpaired) electrons. The monoisotopic (exact) mass is 456 g/mol. The zero-order chi connectivity index (χ0) is 23.2. The maximum absolute atomic E-state index is 14.4. The molecule has 2 aromatic rings. The molecular formula is C25H23F7. The topological polar surface area (TPSA) is 0 Å². The van der Waals surface area contributed by atoms with Crippen LogP contribution in [0.1, 0.15) is 66.2 Å². The molecule has 172 valence electrons. The second-order valence-corrected chi connectivity index (χ2v) is 8.85. The van der Waals surface area contributed by atoms with Crippen molar-refractivity contribution in [1.82, 2.24) is 0 Å². The van der Waals surface area contributed by atoms with Gasteiger partial charge in [-0.3, -0.25) is 0 Å². The van der Waals surface area contributed by atoms with Crippen LogP contribution in [0, 0.1) is 35.1 Å². The number of hydrogen-bond donors (Lipinski definition) is 0. The zero-order valence-electron chi connectivity index (χ0n) is 17.3. The number of rotatable bonds is 4. The van der Waals surface area contributed by atoms with E-state index in [9.17, 15) is 30.7 Å². The quantitative estimate of drug-likeness (QED) is 0.322. The van der Waals surface area contributed by atoms with Crippen molar-refractivity contribution in [2.75, 3.05) is 0 Å². The summed E-state index contributed by atoms with van der Waals surface area (Å²) in [5.41, 5.74) is -0.689. The Morgan fingerprint density at radius 3 is 2.22 bits per heavy atom. The van der Waals surface area contributed by atoms with Gasteiger partial charge in [-0.15, -0.1) is 6.58 Å². The summed E-state index contributed by atoms with van der Waals surface area (Å²) >= 11 is 0. The highest BCUT2D eigenvalue weighted by molar-refractivity contribution is 5.39. The first kappa shape index (κ1) is 22.9. The van der Waals surface area contributed by atoms with Gasteiger partial charge in [-0.1, -0.05) is 6.08 Å². The lowest BCUT2D eigenvalue weighted by molar-refractivity contribution is -0.142. The third-order valence-corrected chi connectivity index (χ3v) is 7.13. The molecule has 7 heteroatoms. The van der Waals surface area contributed by atoms with Gasteiger partial charge in [-0.25, -0.2) is 17.6 Å². The first-order valence-corrected chi connectivity index (χ1v) is 10.8. The molecule has 2 aliphatic carbocycles. The lowest BCUT2D eigenvalue weighted by Crippen LogP contribution is -2.36. The minimum Gasteiger partial charge on any atom is -0.207 e. The molecule has 2 aliphatic rings. The summed E-state index contributed by atoms with van der Waals surface area (Å²) in [5.74, 6) is -5.39. The normalized spacial score (nSPS) is 25.2. The molecular weight excluding hydrogens is 433 g/mol. The number of hydrogen-bond acceptors (Lipinski definition) is 0. The van der Waals surface area contributed by atoms with Gasteiger partial charge in [-0.05, 0) is 97.1 Å². The van der Waals surface area contributed by atoms with E-state index in [1.807, 2.05) is 0 Å². The summed E-state index contributed by atoms with van der Waals surface area (Å²) < 4.78 is 96.4. The molecule has 0 aliphatic heterocycles. The maximum atomic E-state index is 14.4. The van der Waals surface area contributed by atoms with Gasteiger partial charge >= 0.3 is 6.18 Å². The molecule has 0 heterocycles. The third-order valence-electron chi connectivity index (χ3n) is 7.13. The van der Waals surface area contributed by atoms with E-state index in [0.717, 1.165) is 18.2 Å². The van der Waals surface area contributed by atoms with E-state index in [1.54, 1.807) is 6.08 Å². The average molecular weight is 456 g/mol. The van der Waals surface area contributed by atoms with Crippen molar-refractivity contribution in [3.63, 3.8) is 0 Å². The molecule has 0 N–H and O–H groups in total. The van der Waals surface area contributed by atoms with E-state index in [-0.39, 0.29) is 23.3 Å². The van der Waals surface area contributed by atoms with Crippen molar-refractivity contribution in [3.05, 3.63) is 82.4 Å². The molecule has 32 heavy (non-hydrogen) atoms. The van der Waals surface area contributed by atoms with Crippen molar-refractivity contribution in [2.45, 2.75) is 56.5 Å². The summed E-state index contributed by atoms with van der Waals surface area (Å²) in [6.45, 7) is 3.71. The van der Waals surface area contributed by atoms with Crippen molar-refractivity contribution in [3.8, 4) is 0 Å². The zero-order valence-corrected chi connectivity index (χ0v) is 17.3. The SMILES string of the molecule is C=CCCC1CCC2c3cc(F)cc(F)c3CCC2C1c1cc(F)c(C(F)(F)F)c(F)c1. The molecule has 4 unspecified atom stereocenters. The Hall–Kier alpha value is -2.31. The van der Waals surface area contributed by atoms with Crippen LogP contribution in [0.15, 0.2) is 36.9 Å². The predicted molar refractivity (Wildman–Crippen MR) is 107 cm³/mol. The fourth-order valence-corrected chi connectivity index (χ4v) is 5.91. The number of benzene rings is 2. The van der Waals surface area contributed by atoms with Gasteiger partial charge in [0.1, 0.15) is 28.8 Å². The Morgan fingerprint density at radius 2 is 1.59 bits per heavy atom. The summed E-state index contributed by atoms with van der Waals surface area (Å²) in [6.07, 6.45) is 0.0848. The number of fused-ring (bicyclic) bond motifs is 3. The average Bonchev–Trinajstić information content (AvgIpc) is 2.69. The molecule has 1 fully saturated rings. The summed E-state index contributed by atoms with van der Waals surface area (Å²) in [4.78, 5) is 0. The van der Waals surface area contributed by atoms with E-state index in [1.165, 1.54) is 6.07 Å². The van der Waals surface area contributed by atoms with Crippen LogP contribution in [0.5, 0.6) is 0 Å². The van der Waals surface area contributed by atoms with E-state index in [4.69, 9.17) is 0 Å². The number of allylic oxidation sites excluding steroid dienone is 1. The number of halogens is 7. The second kappa shape index (κ2) is 8.56. The van der Waals surface area contributed by atoms with Crippen LogP contribution in [0.3, 0.4) is 0 Å². The molecule has 0 saturated heterocycles. The molecule has 0 nitrogen and oxygen atoms in total. The van der Waals surface area contributed by atoms with Gasteiger partial charge in [0.25, 0.3) is 0 Å². The Bertz CT molecular complexity index is 1000. The van der Waals surface area contributed by atoms with Crippen LogP contribution >= 0.6 is 0 Å². The number of alkyl halides is 3. The molecule has 0 amide bonds. The molecule has 4 atom stereocenters. The molecule has 0 aromatic heterocycles. The predicted octanol–water partition coefficient (Wildman–Crippen LogP) is 8.07. The van der Waals surface area contributed by atoms with Gasteiger partial charge in [-0.2, -0.15) is 13.2 Å². The molecule has 0 spiro atoms. The highest BCUT2D eigenvalue weighted by atomic mass is 19.4. The van der Waals surface area contributed by atoms with Crippen molar-refractivity contribution in [1.29, 1.82) is 0 Å². The molecule has 1 saturated carbocycles. The van der Waals surface area contributed by atoms with Crippen molar-refractivity contribution < 1.29 is 30.7 Å². The van der Waals surface area contributed by atoms with Gasteiger partial charge in [0.2, 0.25) is 0 Å². The Balaban J connectivity index is 1.79. The standard InChI is InChI=1S/C25H23F7/c1-2-3-4-13-5-6-16-18(8-7-17-19(16)11-15(26)12-20(17)27)23(13)14-9-21(28)24(22(29)10-14)25(30,31)32/h2,9-13,16,18,23H,1,3-8H2. The van der Waals surface area contributed by atoms with E-state index >= 15 is 0 Å². The highest BCUT2D eigenvalue weighted by Crippen LogP contribution is 2.55. The van der Waals surface area contributed by atoms with Crippen LogP contribution in [0.25, 0.3) is 0 Å². The van der Waals surface area contributed by atoms with Gasteiger partial charge in [0.05, 0.1) is 0 Å². The largest absolute Gasteiger partial charge is 0.422 e. The maximum Gasteiger partial charge on any atom is 0.422 e. The van der Waals surface area contributed by atoms with Gasteiger partial charge in [0.15, 0.2) is 0 Å². The van der Waals surface area contributed by atoms with E-state index in [0.29, 0.717) is 49.7 Å². The molecule has 2 aromatic carbocycles.